The number of carbonyl (C=O) groups is 1. The first-order chi connectivity index (χ1) is 17.6. The monoisotopic (exact) mass is 519 g/mol. The molecule has 8 heteroatoms. The van der Waals surface area contributed by atoms with Gasteiger partial charge in [-0.25, -0.2) is 9.67 Å². The molecule has 7 nitrogen and oxygen atoms in total. The lowest BCUT2D eigenvalue weighted by atomic mass is 9.82. The first-order valence-electron chi connectivity index (χ1n) is 12.7. The van der Waals surface area contributed by atoms with Gasteiger partial charge in [-0.1, -0.05) is 23.7 Å². The van der Waals surface area contributed by atoms with Crippen LogP contribution in [0.5, 0.6) is 5.88 Å². The molecule has 194 valence electrons. The Morgan fingerprint density at radius 1 is 1.27 bits per heavy atom. The summed E-state index contributed by atoms with van der Waals surface area (Å²) in [6.45, 7) is 6.77. The number of fused-ring (bicyclic) bond motifs is 1. The van der Waals surface area contributed by atoms with E-state index in [0.29, 0.717) is 36.8 Å². The highest BCUT2D eigenvalue weighted by Crippen LogP contribution is 2.33. The van der Waals surface area contributed by atoms with Gasteiger partial charge in [0.15, 0.2) is 0 Å². The number of nitrogens with zero attached hydrogens (tertiary/aromatic N) is 4. The Balaban J connectivity index is 1.46. The quantitative estimate of drug-likeness (QED) is 0.377. The fraction of sp³-hybridized carbons (Fsp3) is 0.448. The van der Waals surface area contributed by atoms with E-state index < -0.39 is 5.41 Å². The van der Waals surface area contributed by atoms with Gasteiger partial charge < -0.3 is 14.8 Å². The van der Waals surface area contributed by atoms with Crippen LogP contribution >= 0.6 is 11.6 Å². The van der Waals surface area contributed by atoms with Crippen LogP contribution in [0.1, 0.15) is 67.6 Å². The van der Waals surface area contributed by atoms with Crippen molar-refractivity contribution in [2.45, 2.75) is 64.2 Å². The number of rotatable bonds is 10. The molecule has 0 fully saturated rings. The molecule has 1 atom stereocenters. The average molecular weight is 520 g/mol. The van der Waals surface area contributed by atoms with E-state index in [1.165, 1.54) is 5.56 Å². The van der Waals surface area contributed by atoms with Crippen molar-refractivity contribution in [3.63, 3.8) is 0 Å². The number of carbonyl (C=O) groups excluding carboxylic acids is 1. The van der Waals surface area contributed by atoms with E-state index in [0.717, 1.165) is 47.7 Å². The second kappa shape index (κ2) is 11.4. The fourth-order valence-corrected chi connectivity index (χ4v) is 4.93. The molecule has 0 saturated heterocycles. The van der Waals surface area contributed by atoms with E-state index in [-0.39, 0.29) is 11.7 Å². The van der Waals surface area contributed by atoms with Gasteiger partial charge in [-0.3, -0.25) is 0 Å². The van der Waals surface area contributed by atoms with E-state index in [4.69, 9.17) is 21.3 Å². The molecule has 1 aliphatic heterocycles. The van der Waals surface area contributed by atoms with Gasteiger partial charge >= 0.3 is 0 Å². The van der Waals surface area contributed by atoms with Crippen molar-refractivity contribution in [3.8, 4) is 11.9 Å². The molecule has 0 bridgehead atoms. The number of hydrogen-bond donors (Lipinski definition) is 1. The predicted molar refractivity (Wildman–Crippen MR) is 145 cm³/mol. The summed E-state index contributed by atoms with van der Waals surface area (Å²) >= 11 is 6.43. The van der Waals surface area contributed by atoms with Gasteiger partial charge in [-0.05, 0) is 80.8 Å². The minimum Gasteiger partial charge on any atom is -0.477 e. The number of nitriles is 1. The molecule has 0 aliphatic carbocycles. The summed E-state index contributed by atoms with van der Waals surface area (Å²) in [6, 6.07) is 14.2. The van der Waals surface area contributed by atoms with Crippen molar-refractivity contribution >= 4 is 23.2 Å². The van der Waals surface area contributed by atoms with Crippen molar-refractivity contribution in [1.29, 1.82) is 5.26 Å². The summed E-state index contributed by atoms with van der Waals surface area (Å²) in [7, 11) is 1.85. The minimum atomic E-state index is -0.685. The zero-order chi connectivity index (χ0) is 26.6. The first-order valence-corrected chi connectivity index (χ1v) is 13.1. The van der Waals surface area contributed by atoms with E-state index in [1.54, 1.807) is 11.6 Å². The van der Waals surface area contributed by atoms with Crippen LogP contribution in [0.15, 0.2) is 36.4 Å². The van der Waals surface area contributed by atoms with Crippen LogP contribution in [-0.4, -0.2) is 33.7 Å². The van der Waals surface area contributed by atoms with Gasteiger partial charge in [-0.2, -0.15) is 10.4 Å². The van der Waals surface area contributed by atoms with Crippen molar-refractivity contribution in [1.82, 2.24) is 14.8 Å². The minimum absolute atomic E-state index is 0.0884. The number of nitrogens with one attached hydrogen (secondary N) is 1. The van der Waals surface area contributed by atoms with Gasteiger partial charge in [0.05, 0.1) is 23.8 Å². The molecule has 0 amide bonds. The zero-order valence-corrected chi connectivity index (χ0v) is 22.7. The number of aryl methyl sites for hydroxylation is 2. The summed E-state index contributed by atoms with van der Waals surface area (Å²) in [6.07, 6.45) is 3.83. The van der Waals surface area contributed by atoms with Crippen LogP contribution in [0.4, 0.5) is 5.82 Å². The molecule has 1 aliphatic rings. The lowest BCUT2D eigenvalue weighted by Crippen LogP contribution is -2.16. The highest BCUT2D eigenvalue weighted by atomic mass is 35.5. The Kier molecular flexibility index (Phi) is 8.19. The number of ether oxygens (including phenoxy) is 1. The number of pyridine rings is 1. The maximum atomic E-state index is 12.1. The molecule has 1 unspecified atom stereocenters. The molecule has 3 heterocycles. The summed E-state index contributed by atoms with van der Waals surface area (Å²) in [5, 5.41) is 18.2. The Labute approximate surface area is 223 Å². The average Bonchev–Trinajstić information content (AvgIpc) is 3.21. The van der Waals surface area contributed by atoms with Crippen molar-refractivity contribution in [3.05, 3.63) is 69.5 Å². The fourth-order valence-electron chi connectivity index (χ4n) is 4.69. The summed E-state index contributed by atoms with van der Waals surface area (Å²) in [4.78, 5) is 16.9. The molecule has 3 aromatic rings. The van der Waals surface area contributed by atoms with E-state index >= 15 is 0 Å². The summed E-state index contributed by atoms with van der Waals surface area (Å²) in [5.41, 5.74) is 4.18. The molecule has 1 aromatic carbocycles. The second-order valence-corrected chi connectivity index (χ2v) is 10.8. The van der Waals surface area contributed by atoms with Crippen LogP contribution in [0, 0.1) is 11.3 Å². The van der Waals surface area contributed by atoms with E-state index in [2.05, 4.69) is 28.6 Å². The normalized spacial score (nSPS) is 13.8. The van der Waals surface area contributed by atoms with Crippen LogP contribution in [-0.2, 0) is 36.5 Å². The Bertz CT molecular complexity index is 1320. The Hall–Kier alpha value is -3.37. The largest absolute Gasteiger partial charge is 0.477 e. The zero-order valence-electron chi connectivity index (χ0n) is 22.0. The number of aromatic nitrogens is 3. The molecule has 4 rings (SSSR count). The second-order valence-electron chi connectivity index (χ2n) is 10.4. The van der Waals surface area contributed by atoms with E-state index in [9.17, 15) is 10.1 Å². The third kappa shape index (κ3) is 6.69. The number of benzene rings is 1. The van der Waals surface area contributed by atoms with Crippen LogP contribution in [0.2, 0.25) is 5.02 Å². The molecule has 2 aromatic heterocycles. The smallest absolute Gasteiger partial charge is 0.211 e. The standard InChI is InChI=1S/C29H34ClN5O2/c1-19(36)12-21(22-13-23(16-24(30)14-22)29(2,3)18-31)15-26-17-27(35(4)34-26)37-11-9-25-8-7-20-6-5-10-32-28(20)33-25/h7-8,13-14,16-17,21H,5-6,9-12,15H2,1-4H3,(H,32,33). The molecule has 37 heavy (non-hydrogen) atoms. The first kappa shape index (κ1) is 26.7. The topological polar surface area (TPSA) is 92.8 Å². The highest BCUT2D eigenvalue weighted by Gasteiger charge is 2.24. The predicted octanol–water partition coefficient (Wildman–Crippen LogP) is 5.55. The van der Waals surface area contributed by atoms with E-state index in [1.807, 2.05) is 45.2 Å². The Morgan fingerprint density at radius 3 is 2.84 bits per heavy atom. The molecule has 0 spiro atoms. The number of halogens is 1. The van der Waals surface area contributed by atoms with Crippen LogP contribution < -0.4 is 10.1 Å². The Morgan fingerprint density at radius 2 is 2.08 bits per heavy atom. The van der Waals surface area contributed by atoms with Gasteiger partial charge in [-0.15, -0.1) is 0 Å². The SMILES string of the molecule is CC(=O)CC(Cc1cc(OCCc2ccc3c(n2)NCCC3)n(C)n1)c1cc(Cl)cc(C(C)(C)C#N)c1. The van der Waals surface area contributed by atoms with Crippen molar-refractivity contribution in [2.24, 2.45) is 7.05 Å². The summed E-state index contributed by atoms with van der Waals surface area (Å²) in [5.74, 6) is 1.64. The van der Waals surface area contributed by atoms with Gasteiger partial charge in [0.25, 0.3) is 0 Å². The molecule has 0 radical (unpaired) electrons. The van der Waals surface area contributed by atoms with Crippen molar-refractivity contribution in [2.75, 3.05) is 18.5 Å². The van der Waals surface area contributed by atoms with Gasteiger partial charge in [0.2, 0.25) is 5.88 Å². The number of hydrogen-bond acceptors (Lipinski definition) is 6. The lowest BCUT2D eigenvalue weighted by molar-refractivity contribution is -0.117. The van der Waals surface area contributed by atoms with Crippen LogP contribution in [0.3, 0.4) is 0 Å². The highest BCUT2D eigenvalue weighted by molar-refractivity contribution is 6.30. The molecule has 1 N–H and O–H groups in total. The number of anilines is 1. The third-order valence-electron chi connectivity index (χ3n) is 6.83. The van der Waals surface area contributed by atoms with Crippen LogP contribution in [0.25, 0.3) is 0 Å². The molecular weight excluding hydrogens is 486 g/mol. The maximum absolute atomic E-state index is 12.1. The molecular formula is C29H34ClN5O2. The lowest BCUT2D eigenvalue weighted by Gasteiger charge is -2.21. The van der Waals surface area contributed by atoms with Gasteiger partial charge in [0, 0.05) is 43.2 Å². The summed E-state index contributed by atoms with van der Waals surface area (Å²) < 4.78 is 7.77. The maximum Gasteiger partial charge on any atom is 0.211 e. The molecule has 0 saturated carbocycles. The number of ketones is 1. The third-order valence-corrected chi connectivity index (χ3v) is 7.05. The van der Waals surface area contributed by atoms with Crippen molar-refractivity contribution < 1.29 is 9.53 Å². The van der Waals surface area contributed by atoms with Gasteiger partial charge in [0.1, 0.15) is 11.6 Å². The number of Topliss-reactive ketones (excluding diaryl/α,β-unsaturated/α-hetero) is 1.